The Morgan fingerprint density at radius 1 is 1.18 bits per heavy atom. The molecule has 0 aliphatic heterocycles. The largest absolute Gasteiger partial charge is 0.490 e. The Kier molecular flexibility index (Phi) is 6.63. The summed E-state index contributed by atoms with van der Waals surface area (Å²) < 4.78 is 101. The first-order chi connectivity index (χ1) is 17.8. The number of nitrogens with two attached hydrogens (primary N) is 1. The zero-order valence-corrected chi connectivity index (χ0v) is 20.7. The van der Waals surface area contributed by atoms with E-state index in [0.29, 0.717) is 30.4 Å². The van der Waals surface area contributed by atoms with Gasteiger partial charge in [-0.1, -0.05) is 6.07 Å². The van der Waals surface area contributed by atoms with E-state index in [2.05, 4.69) is 14.7 Å². The Bertz CT molecular complexity index is 1550. The van der Waals surface area contributed by atoms with Gasteiger partial charge in [-0.2, -0.15) is 26.3 Å². The van der Waals surface area contributed by atoms with Crippen LogP contribution in [0.3, 0.4) is 0 Å². The summed E-state index contributed by atoms with van der Waals surface area (Å²) >= 11 is 0. The number of sulfonamides is 1. The first-order valence-corrected chi connectivity index (χ1v) is 12.6. The third-order valence-corrected chi connectivity index (χ3v) is 8.25. The van der Waals surface area contributed by atoms with E-state index in [1.165, 1.54) is 22.7 Å². The van der Waals surface area contributed by atoms with Crippen molar-refractivity contribution in [2.45, 2.75) is 49.0 Å². The average molecular weight is 581 g/mol. The molecule has 3 aromatic rings. The third kappa shape index (κ3) is 5.25. The lowest BCUT2D eigenvalue weighted by Gasteiger charge is -2.69. The Hall–Kier alpha value is -3.44. The molecule has 0 atom stereocenters. The van der Waals surface area contributed by atoms with Crippen molar-refractivity contribution in [3.63, 3.8) is 0 Å². The number of fused-ring (bicyclic) bond motifs is 1. The number of aliphatic hydroxyl groups is 1. The third-order valence-electron chi connectivity index (χ3n) is 6.67. The standard InChI is InChI=1S/C20H20F3N5O3S.C2HF3O2/c1-11-2-3-12(32(30,31)27-19-7-18(8-19,9-19)10-29)4-13(11)14-5-25-17-16(24)26-15(6-28(14)17)20(21,22)23;3-2(4,5)1(6)7/h2-6,27,29H,7-10H2,1H3,(H2,24,26);(H,6,7). The predicted octanol–water partition coefficient (Wildman–Crippen LogP) is 3.13. The van der Waals surface area contributed by atoms with E-state index >= 15 is 0 Å². The zero-order chi connectivity index (χ0) is 29.2. The number of aryl methyl sites for hydroxylation is 1. The SMILES string of the molecule is Cc1ccc(S(=O)(=O)NC23CC(CO)(C2)C3)cc1-c1cnc2c(N)nc(C(F)(F)F)cn12.O=C(O)C(F)(F)F. The van der Waals surface area contributed by atoms with E-state index < -0.39 is 39.6 Å². The molecule has 39 heavy (non-hydrogen) atoms. The molecule has 212 valence electrons. The second-order valence-electron chi connectivity index (χ2n) is 9.70. The number of aliphatic hydroxyl groups excluding tert-OH is 1. The van der Waals surface area contributed by atoms with E-state index in [1.807, 2.05) is 0 Å². The molecule has 0 saturated heterocycles. The maximum atomic E-state index is 13.2. The molecule has 10 nitrogen and oxygen atoms in total. The number of alkyl halides is 6. The molecule has 0 radical (unpaired) electrons. The Morgan fingerprint density at radius 2 is 1.77 bits per heavy atom. The second-order valence-corrected chi connectivity index (χ2v) is 11.4. The summed E-state index contributed by atoms with van der Waals surface area (Å²) in [6, 6.07) is 4.46. The van der Waals surface area contributed by atoms with Crippen molar-refractivity contribution in [3.8, 4) is 11.3 Å². The molecular formula is C22H21F6N5O5S. The molecule has 2 heterocycles. The number of aromatic nitrogens is 3. The van der Waals surface area contributed by atoms with Gasteiger partial charge in [-0.25, -0.2) is 27.9 Å². The van der Waals surface area contributed by atoms with Gasteiger partial charge in [0.1, 0.15) is 0 Å². The summed E-state index contributed by atoms with van der Waals surface area (Å²) in [6.45, 7) is 1.76. The number of nitrogens with one attached hydrogen (secondary N) is 1. The van der Waals surface area contributed by atoms with Gasteiger partial charge in [-0.15, -0.1) is 0 Å². The molecular weight excluding hydrogens is 560 g/mol. The van der Waals surface area contributed by atoms with E-state index in [0.717, 1.165) is 6.20 Å². The molecule has 3 saturated carbocycles. The fourth-order valence-corrected chi connectivity index (χ4v) is 6.43. The zero-order valence-electron chi connectivity index (χ0n) is 19.9. The fourth-order valence-electron chi connectivity index (χ4n) is 5.01. The van der Waals surface area contributed by atoms with E-state index in [1.54, 1.807) is 13.0 Å². The summed E-state index contributed by atoms with van der Waals surface area (Å²) in [7, 11) is -3.88. The van der Waals surface area contributed by atoms with Crippen LogP contribution in [0.25, 0.3) is 16.9 Å². The van der Waals surface area contributed by atoms with E-state index in [4.69, 9.17) is 15.6 Å². The van der Waals surface area contributed by atoms with Crippen LogP contribution in [0.15, 0.2) is 35.5 Å². The van der Waals surface area contributed by atoms with Crippen LogP contribution in [0.5, 0.6) is 0 Å². The molecule has 3 aliphatic carbocycles. The topological polar surface area (TPSA) is 160 Å². The summed E-state index contributed by atoms with van der Waals surface area (Å²) in [5.74, 6) is -3.14. The monoisotopic (exact) mass is 581 g/mol. The molecule has 1 aromatic carbocycles. The van der Waals surface area contributed by atoms with Crippen molar-refractivity contribution in [1.82, 2.24) is 19.1 Å². The number of carboxylic acids is 1. The second kappa shape index (κ2) is 9.06. The lowest BCUT2D eigenvalue weighted by Crippen LogP contribution is -2.75. The molecule has 3 fully saturated rings. The minimum atomic E-state index is -5.08. The normalized spacial score (nSPS) is 22.5. The van der Waals surface area contributed by atoms with Crippen molar-refractivity contribution >= 4 is 27.5 Å². The Labute approximate surface area is 216 Å². The smallest absolute Gasteiger partial charge is 0.475 e. The summed E-state index contributed by atoms with van der Waals surface area (Å²) in [4.78, 5) is 16.3. The van der Waals surface area contributed by atoms with Gasteiger partial charge in [0.15, 0.2) is 17.2 Å². The highest BCUT2D eigenvalue weighted by Gasteiger charge is 2.68. The van der Waals surface area contributed by atoms with Gasteiger partial charge in [0.05, 0.1) is 16.8 Å². The Balaban J connectivity index is 0.000000448. The van der Waals surface area contributed by atoms with Gasteiger partial charge in [0, 0.05) is 23.9 Å². The van der Waals surface area contributed by atoms with Crippen molar-refractivity contribution in [2.75, 3.05) is 12.3 Å². The molecule has 17 heteroatoms. The number of carboxylic acid groups (broad SMARTS) is 1. The molecule has 5 N–H and O–H groups in total. The van der Waals surface area contributed by atoms with Crippen LogP contribution < -0.4 is 10.5 Å². The molecule has 3 aliphatic rings. The number of nitrogen functional groups attached to an aromatic ring is 1. The van der Waals surface area contributed by atoms with Crippen LogP contribution in [-0.4, -0.2) is 57.3 Å². The number of imidazole rings is 1. The van der Waals surface area contributed by atoms with Gasteiger partial charge in [-0.3, -0.25) is 4.40 Å². The summed E-state index contributed by atoms with van der Waals surface area (Å²) in [5, 5.41) is 16.5. The summed E-state index contributed by atoms with van der Waals surface area (Å²) in [5.41, 5.74) is 5.18. The molecule has 0 unspecified atom stereocenters. The number of aliphatic carboxylic acids is 1. The highest BCUT2D eigenvalue weighted by atomic mass is 32.2. The molecule has 2 aromatic heterocycles. The Morgan fingerprint density at radius 3 is 2.28 bits per heavy atom. The van der Waals surface area contributed by atoms with Crippen LogP contribution in [0.4, 0.5) is 32.2 Å². The predicted molar refractivity (Wildman–Crippen MR) is 123 cm³/mol. The van der Waals surface area contributed by atoms with Gasteiger partial charge in [0.25, 0.3) is 0 Å². The van der Waals surface area contributed by atoms with Gasteiger partial charge in [0.2, 0.25) is 10.0 Å². The highest BCUT2D eigenvalue weighted by molar-refractivity contribution is 7.89. The molecule has 0 spiro atoms. The van der Waals surface area contributed by atoms with Crippen molar-refractivity contribution in [3.05, 3.63) is 41.9 Å². The number of carbonyl (C=O) groups is 1. The number of hydrogen-bond acceptors (Lipinski definition) is 7. The number of halogens is 6. The number of benzene rings is 1. The number of nitrogens with zero attached hydrogens (tertiary/aromatic N) is 3. The van der Waals surface area contributed by atoms with Crippen LogP contribution >= 0.6 is 0 Å². The number of anilines is 1. The lowest BCUT2D eigenvalue weighted by atomic mass is 9.40. The van der Waals surface area contributed by atoms with Crippen LogP contribution in [-0.2, 0) is 21.0 Å². The van der Waals surface area contributed by atoms with E-state index in [-0.39, 0.29) is 34.1 Å². The molecule has 2 bridgehead atoms. The first kappa shape index (κ1) is 28.6. The number of rotatable bonds is 5. The average Bonchev–Trinajstić information content (AvgIpc) is 3.19. The quantitative estimate of drug-likeness (QED) is 0.335. The molecule has 0 amide bonds. The van der Waals surface area contributed by atoms with E-state index in [9.17, 15) is 39.9 Å². The summed E-state index contributed by atoms with van der Waals surface area (Å²) in [6.07, 6.45) is -5.88. The van der Waals surface area contributed by atoms with Crippen molar-refractivity contribution < 1.29 is 49.8 Å². The van der Waals surface area contributed by atoms with Crippen LogP contribution in [0.2, 0.25) is 0 Å². The number of hydrogen-bond donors (Lipinski definition) is 4. The van der Waals surface area contributed by atoms with Crippen molar-refractivity contribution in [2.24, 2.45) is 5.41 Å². The van der Waals surface area contributed by atoms with Gasteiger partial charge < -0.3 is 15.9 Å². The molecule has 6 rings (SSSR count). The fraction of sp³-hybridized carbons (Fsp3) is 0.409. The maximum absolute atomic E-state index is 13.2. The lowest BCUT2D eigenvalue weighted by molar-refractivity contribution is -0.192. The van der Waals surface area contributed by atoms with Crippen molar-refractivity contribution in [1.29, 1.82) is 0 Å². The van der Waals surface area contributed by atoms with Crippen LogP contribution in [0.1, 0.15) is 30.5 Å². The van der Waals surface area contributed by atoms with Gasteiger partial charge >= 0.3 is 18.3 Å². The van der Waals surface area contributed by atoms with Gasteiger partial charge in [-0.05, 0) is 49.3 Å². The maximum Gasteiger partial charge on any atom is 0.490 e. The minimum Gasteiger partial charge on any atom is -0.475 e. The van der Waals surface area contributed by atoms with Crippen LogP contribution in [0, 0.1) is 12.3 Å². The minimum absolute atomic E-state index is 0.00565. The first-order valence-electron chi connectivity index (χ1n) is 11.1. The highest BCUT2D eigenvalue weighted by Crippen LogP contribution is 2.67.